The summed E-state index contributed by atoms with van der Waals surface area (Å²) in [6.07, 6.45) is 3.61. The topological polar surface area (TPSA) is 46.0 Å². The van der Waals surface area contributed by atoms with Gasteiger partial charge in [0.1, 0.15) is 22.9 Å². The average molecular weight is 362 g/mol. The fourth-order valence-electron chi connectivity index (χ4n) is 3.33. The van der Waals surface area contributed by atoms with Crippen molar-refractivity contribution in [2.75, 3.05) is 0 Å². The molecule has 0 aliphatic heterocycles. The maximum atomic E-state index is 14.6. The molecule has 0 amide bonds. The van der Waals surface area contributed by atoms with Crippen LogP contribution < -0.4 is 0 Å². The van der Waals surface area contributed by atoms with Gasteiger partial charge in [0.2, 0.25) is 0 Å². The van der Waals surface area contributed by atoms with Crippen molar-refractivity contribution in [1.82, 2.24) is 9.97 Å². The van der Waals surface area contributed by atoms with Crippen molar-refractivity contribution in [1.29, 1.82) is 0 Å². The van der Waals surface area contributed by atoms with E-state index in [1.165, 1.54) is 12.1 Å². The third kappa shape index (κ3) is 3.36. The number of hydrogen-bond acceptors (Lipinski definition) is 3. The van der Waals surface area contributed by atoms with Gasteiger partial charge in [0, 0.05) is 47.4 Å². The number of halogens is 2. The molecule has 0 saturated carbocycles. The van der Waals surface area contributed by atoms with Gasteiger partial charge >= 0.3 is 0 Å². The van der Waals surface area contributed by atoms with Crippen LogP contribution in [0.5, 0.6) is 5.75 Å². The molecule has 5 heteroatoms. The van der Waals surface area contributed by atoms with E-state index in [-0.39, 0.29) is 5.75 Å². The van der Waals surface area contributed by atoms with Crippen molar-refractivity contribution in [3.63, 3.8) is 0 Å². The number of pyridine rings is 2. The first-order valence-corrected chi connectivity index (χ1v) is 8.55. The molecular weight excluding hydrogens is 346 g/mol. The Morgan fingerprint density at radius 1 is 0.852 bits per heavy atom. The molecule has 4 aromatic rings. The second kappa shape index (κ2) is 7.11. The molecule has 1 atom stereocenters. The highest BCUT2D eigenvalue weighted by molar-refractivity contribution is 5.85. The lowest BCUT2D eigenvalue weighted by Crippen LogP contribution is -2.09. The van der Waals surface area contributed by atoms with Crippen LogP contribution in [-0.2, 0) is 6.42 Å². The third-order valence-electron chi connectivity index (χ3n) is 4.63. The molecule has 0 radical (unpaired) electrons. The van der Waals surface area contributed by atoms with Crippen molar-refractivity contribution in [2.45, 2.75) is 12.3 Å². The molecule has 134 valence electrons. The van der Waals surface area contributed by atoms with Gasteiger partial charge in [-0.25, -0.2) is 8.78 Å². The average Bonchev–Trinajstić information content (AvgIpc) is 2.68. The number of rotatable bonds is 4. The van der Waals surface area contributed by atoms with Crippen molar-refractivity contribution >= 4 is 10.9 Å². The molecule has 2 aromatic carbocycles. The Balaban J connectivity index is 1.88. The lowest BCUT2D eigenvalue weighted by Gasteiger charge is -2.20. The molecule has 0 bridgehead atoms. The molecule has 2 aromatic heterocycles. The normalized spacial score (nSPS) is 12.2. The predicted molar refractivity (Wildman–Crippen MR) is 99.5 cm³/mol. The van der Waals surface area contributed by atoms with E-state index >= 15 is 0 Å². The molecule has 0 aliphatic rings. The minimum Gasteiger partial charge on any atom is -0.505 e. The van der Waals surface area contributed by atoms with E-state index in [4.69, 9.17) is 0 Å². The third-order valence-corrected chi connectivity index (χ3v) is 4.63. The number of aromatic hydroxyl groups is 1. The van der Waals surface area contributed by atoms with E-state index < -0.39 is 17.6 Å². The second-order valence-electron chi connectivity index (χ2n) is 6.32. The number of aromatic nitrogens is 2. The molecule has 0 aliphatic carbocycles. The molecule has 2 heterocycles. The fourth-order valence-corrected chi connectivity index (χ4v) is 3.33. The summed E-state index contributed by atoms with van der Waals surface area (Å²) in [5, 5.41) is 11.6. The Kier molecular flexibility index (Phi) is 4.50. The maximum absolute atomic E-state index is 14.6. The zero-order valence-corrected chi connectivity index (χ0v) is 14.3. The van der Waals surface area contributed by atoms with Gasteiger partial charge in [-0.05, 0) is 29.8 Å². The largest absolute Gasteiger partial charge is 0.505 e. The second-order valence-corrected chi connectivity index (χ2v) is 6.32. The van der Waals surface area contributed by atoms with Gasteiger partial charge < -0.3 is 5.11 Å². The summed E-state index contributed by atoms with van der Waals surface area (Å²) in [7, 11) is 0. The molecule has 0 spiro atoms. The first kappa shape index (κ1) is 17.1. The molecule has 4 rings (SSSR count). The van der Waals surface area contributed by atoms with Gasteiger partial charge in [-0.2, -0.15) is 0 Å². The summed E-state index contributed by atoms with van der Waals surface area (Å²) in [5.74, 6) is -1.83. The lowest BCUT2D eigenvalue weighted by molar-refractivity contribution is 0.467. The van der Waals surface area contributed by atoms with Gasteiger partial charge in [-0.1, -0.05) is 30.3 Å². The number of benzene rings is 2. The highest BCUT2D eigenvalue weighted by atomic mass is 19.1. The van der Waals surface area contributed by atoms with Crippen LogP contribution in [-0.4, -0.2) is 15.1 Å². The summed E-state index contributed by atoms with van der Waals surface area (Å²) in [6.45, 7) is 0. The summed E-state index contributed by atoms with van der Waals surface area (Å²) < 4.78 is 28.0. The maximum Gasteiger partial charge on any atom is 0.145 e. The smallest absolute Gasteiger partial charge is 0.145 e. The van der Waals surface area contributed by atoms with Crippen LogP contribution in [0.2, 0.25) is 0 Å². The quantitative estimate of drug-likeness (QED) is 0.556. The molecule has 27 heavy (non-hydrogen) atoms. The van der Waals surface area contributed by atoms with Crippen LogP contribution >= 0.6 is 0 Å². The Hall–Kier alpha value is -3.34. The minimum atomic E-state index is -0.656. The number of hydrogen-bond donors (Lipinski definition) is 1. The molecular formula is C22H16F2N2O. The summed E-state index contributed by atoms with van der Waals surface area (Å²) >= 11 is 0. The van der Waals surface area contributed by atoms with E-state index in [0.717, 1.165) is 17.1 Å². The van der Waals surface area contributed by atoms with E-state index in [1.54, 1.807) is 30.6 Å². The van der Waals surface area contributed by atoms with Crippen molar-refractivity contribution < 1.29 is 13.9 Å². The molecule has 0 saturated heterocycles. The monoisotopic (exact) mass is 362 g/mol. The standard InChI is InChI=1S/C22H16F2N2O/c23-15-7-9-17(20(24)12-15)19(13-16-5-1-2-10-25-16)18-8-6-14-4-3-11-26-21(14)22(18)27/h1-12,19,27H,13H2. The highest BCUT2D eigenvalue weighted by Gasteiger charge is 2.23. The first-order valence-electron chi connectivity index (χ1n) is 8.55. The predicted octanol–water partition coefficient (Wildman–Crippen LogP) is 4.99. The molecule has 3 nitrogen and oxygen atoms in total. The zero-order chi connectivity index (χ0) is 18.8. The van der Waals surface area contributed by atoms with Crippen molar-refractivity contribution in [3.8, 4) is 5.75 Å². The van der Waals surface area contributed by atoms with Gasteiger partial charge in [0.25, 0.3) is 0 Å². The SMILES string of the molecule is Oc1c(C(Cc2ccccn2)c2ccc(F)cc2F)ccc2cccnc12. The summed E-state index contributed by atoms with van der Waals surface area (Å²) in [5.41, 5.74) is 2.01. The highest BCUT2D eigenvalue weighted by Crippen LogP contribution is 2.38. The first-order chi connectivity index (χ1) is 13.1. The van der Waals surface area contributed by atoms with Crippen LogP contribution in [0.25, 0.3) is 10.9 Å². The van der Waals surface area contributed by atoms with Crippen LogP contribution in [0.15, 0.2) is 73.1 Å². The van der Waals surface area contributed by atoms with E-state index in [0.29, 0.717) is 23.1 Å². The van der Waals surface area contributed by atoms with Crippen molar-refractivity contribution in [3.05, 3.63) is 102 Å². The lowest BCUT2D eigenvalue weighted by atomic mass is 9.85. The zero-order valence-electron chi connectivity index (χ0n) is 14.3. The van der Waals surface area contributed by atoms with E-state index in [9.17, 15) is 13.9 Å². The van der Waals surface area contributed by atoms with Gasteiger partial charge in [0.15, 0.2) is 0 Å². The number of fused-ring (bicyclic) bond motifs is 1. The van der Waals surface area contributed by atoms with Crippen molar-refractivity contribution in [2.24, 2.45) is 0 Å². The Morgan fingerprint density at radius 2 is 1.67 bits per heavy atom. The summed E-state index contributed by atoms with van der Waals surface area (Å²) in [6, 6.07) is 16.2. The minimum absolute atomic E-state index is 0.00208. The van der Waals surface area contributed by atoms with Gasteiger partial charge in [-0.3, -0.25) is 9.97 Å². The van der Waals surface area contributed by atoms with Crippen LogP contribution in [0.4, 0.5) is 8.78 Å². The van der Waals surface area contributed by atoms with Crippen LogP contribution in [0.3, 0.4) is 0 Å². The fraction of sp³-hybridized carbons (Fsp3) is 0.0909. The van der Waals surface area contributed by atoms with E-state index in [2.05, 4.69) is 9.97 Å². The molecule has 1 unspecified atom stereocenters. The summed E-state index contributed by atoms with van der Waals surface area (Å²) in [4.78, 5) is 8.56. The number of phenolic OH excluding ortho intramolecular Hbond substituents is 1. The van der Waals surface area contributed by atoms with Crippen LogP contribution in [0.1, 0.15) is 22.7 Å². The van der Waals surface area contributed by atoms with Crippen LogP contribution in [0, 0.1) is 11.6 Å². The van der Waals surface area contributed by atoms with Gasteiger partial charge in [0.05, 0.1) is 0 Å². The number of phenols is 1. The Morgan fingerprint density at radius 3 is 2.44 bits per heavy atom. The number of nitrogens with zero attached hydrogens (tertiary/aromatic N) is 2. The Labute approximate surface area is 155 Å². The van der Waals surface area contributed by atoms with E-state index in [1.807, 2.05) is 24.3 Å². The van der Waals surface area contributed by atoms with Gasteiger partial charge in [-0.15, -0.1) is 0 Å². The molecule has 1 N–H and O–H groups in total. The Bertz CT molecular complexity index is 1100. The molecule has 0 fully saturated rings.